The van der Waals surface area contributed by atoms with Gasteiger partial charge in [-0.1, -0.05) is 18.2 Å². The van der Waals surface area contributed by atoms with Gasteiger partial charge in [0.1, 0.15) is 11.9 Å². The van der Waals surface area contributed by atoms with Crippen molar-refractivity contribution in [3.8, 4) is 17.6 Å². The second kappa shape index (κ2) is 4.80. The summed E-state index contributed by atoms with van der Waals surface area (Å²) in [5.74, 6) is 0.563. The number of benzene rings is 1. The first-order valence-electron chi connectivity index (χ1n) is 5.64. The van der Waals surface area contributed by atoms with E-state index in [2.05, 4.69) is 5.10 Å². The van der Waals surface area contributed by atoms with Gasteiger partial charge in [0.15, 0.2) is 5.56 Å². The summed E-state index contributed by atoms with van der Waals surface area (Å²) in [7, 11) is 0. The van der Waals surface area contributed by atoms with Crippen LogP contribution in [-0.2, 0) is 0 Å². The van der Waals surface area contributed by atoms with Gasteiger partial charge in [-0.2, -0.15) is 5.26 Å². The third-order valence-electron chi connectivity index (χ3n) is 2.35. The maximum Gasteiger partial charge on any atom is 0.253 e. The molecule has 2 rings (SSSR count). The fourth-order valence-corrected chi connectivity index (χ4v) is 1.59. The fourth-order valence-electron chi connectivity index (χ4n) is 1.59. The first-order chi connectivity index (χ1) is 8.63. The van der Waals surface area contributed by atoms with Crippen molar-refractivity contribution in [1.29, 1.82) is 5.26 Å². The van der Waals surface area contributed by atoms with Crippen LogP contribution in [0.1, 0.15) is 19.4 Å². The molecule has 0 aliphatic carbocycles. The van der Waals surface area contributed by atoms with Crippen LogP contribution >= 0.6 is 0 Å². The molecule has 0 unspecified atom stereocenters. The molecule has 0 fully saturated rings. The van der Waals surface area contributed by atoms with Gasteiger partial charge in [0.25, 0.3) is 5.88 Å². The third-order valence-corrected chi connectivity index (χ3v) is 2.35. The van der Waals surface area contributed by atoms with Crippen molar-refractivity contribution in [1.82, 2.24) is 9.78 Å². The molecule has 0 spiro atoms. The largest absolute Gasteiger partial charge is 0.473 e. The van der Waals surface area contributed by atoms with Crippen LogP contribution in [0.25, 0.3) is 5.69 Å². The smallest absolute Gasteiger partial charge is 0.253 e. The second-order valence-electron chi connectivity index (χ2n) is 4.09. The number of nitrogens with two attached hydrogens (primary N) is 1. The number of rotatable bonds is 3. The normalized spacial score (nSPS) is 10.3. The van der Waals surface area contributed by atoms with E-state index in [9.17, 15) is 0 Å². The second-order valence-corrected chi connectivity index (χ2v) is 4.09. The van der Waals surface area contributed by atoms with Gasteiger partial charge in [-0.3, -0.25) is 0 Å². The predicted octanol–water partition coefficient (Wildman–Crippen LogP) is 2.11. The van der Waals surface area contributed by atoms with E-state index in [0.29, 0.717) is 5.82 Å². The van der Waals surface area contributed by atoms with Crippen LogP contribution in [0.3, 0.4) is 0 Å². The number of nitriles is 1. The molecule has 0 saturated carbocycles. The third kappa shape index (κ3) is 2.13. The lowest BCUT2D eigenvalue weighted by Gasteiger charge is -2.05. The Morgan fingerprint density at radius 3 is 2.56 bits per heavy atom. The van der Waals surface area contributed by atoms with E-state index in [-0.39, 0.29) is 17.5 Å². The number of para-hydroxylation sites is 1. The van der Waals surface area contributed by atoms with Gasteiger partial charge in [0.2, 0.25) is 0 Å². The summed E-state index contributed by atoms with van der Waals surface area (Å²) in [5.41, 5.74) is 6.99. The molecule has 2 N–H and O–H groups in total. The molecule has 5 heteroatoms. The lowest BCUT2D eigenvalue weighted by Crippen LogP contribution is -2.07. The molecule has 1 heterocycles. The lowest BCUT2D eigenvalue weighted by atomic mass is 10.3. The molecule has 0 atom stereocenters. The van der Waals surface area contributed by atoms with Crippen LogP contribution < -0.4 is 10.5 Å². The molecule has 5 nitrogen and oxygen atoms in total. The van der Waals surface area contributed by atoms with E-state index < -0.39 is 0 Å². The molecule has 92 valence electrons. The molecule has 1 aromatic heterocycles. The standard InChI is InChI=1S/C13H14N4O/c1-9(2)18-13-11(8-14)12(15)17(16-13)10-6-4-3-5-7-10/h3-7,9H,15H2,1-2H3. The van der Waals surface area contributed by atoms with Gasteiger partial charge < -0.3 is 10.5 Å². The fraction of sp³-hybridized carbons (Fsp3) is 0.231. The zero-order valence-electron chi connectivity index (χ0n) is 10.3. The molecule has 0 radical (unpaired) electrons. The lowest BCUT2D eigenvalue weighted by molar-refractivity contribution is 0.230. The van der Waals surface area contributed by atoms with Crippen LogP contribution in [0, 0.1) is 11.3 Å². The number of nitrogens with zero attached hydrogens (tertiary/aromatic N) is 3. The van der Waals surface area contributed by atoms with Gasteiger partial charge >= 0.3 is 0 Å². The highest BCUT2D eigenvalue weighted by molar-refractivity contribution is 5.58. The summed E-state index contributed by atoms with van der Waals surface area (Å²) in [5, 5.41) is 13.3. The van der Waals surface area contributed by atoms with Crippen LogP contribution in [0.2, 0.25) is 0 Å². The molecule has 1 aromatic carbocycles. The Morgan fingerprint density at radius 1 is 1.33 bits per heavy atom. The Morgan fingerprint density at radius 2 is 2.00 bits per heavy atom. The van der Waals surface area contributed by atoms with Crippen LogP contribution in [0.15, 0.2) is 30.3 Å². The van der Waals surface area contributed by atoms with Crippen molar-refractivity contribution >= 4 is 5.82 Å². The highest BCUT2D eigenvalue weighted by Gasteiger charge is 2.18. The molecule has 0 amide bonds. The van der Waals surface area contributed by atoms with Gasteiger partial charge in [-0.15, -0.1) is 5.10 Å². The molecule has 0 saturated heterocycles. The minimum Gasteiger partial charge on any atom is -0.473 e. The summed E-state index contributed by atoms with van der Waals surface area (Å²) in [4.78, 5) is 0. The van der Waals surface area contributed by atoms with E-state index in [1.807, 2.05) is 50.2 Å². The van der Waals surface area contributed by atoms with Crippen molar-refractivity contribution in [2.45, 2.75) is 20.0 Å². The summed E-state index contributed by atoms with van der Waals surface area (Å²) >= 11 is 0. The molecule has 18 heavy (non-hydrogen) atoms. The minimum absolute atomic E-state index is 0.0596. The van der Waals surface area contributed by atoms with Crippen molar-refractivity contribution < 1.29 is 4.74 Å². The maximum absolute atomic E-state index is 9.11. The summed E-state index contributed by atoms with van der Waals surface area (Å²) in [6, 6.07) is 11.4. The van der Waals surface area contributed by atoms with Crippen molar-refractivity contribution in [2.24, 2.45) is 0 Å². The SMILES string of the molecule is CC(C)Oc1nn(-c2ccccc2)c(N)c1C#N. The zero-order valence-corrected chi connectivity index (χ0v) is 10.3. The number of aromatic nitrogens is 2. The highest BCUT2D eigenvalue weighted by atomic mass is 16.5. The van der Waals surface area contributed by atoms with E-state index >= 15 is 0 Å². The molecule has 0 aliphatic heterocycles. The highest BCUT2D eigenvalue weighted by Crippen LogP contribution is 2.26. The number of ether oxygens (including phenoxy) is 1. The van der Waals surface area contributed by atoms with Crippen molar-refractivity contribution in [2.75, 3.05) is 5.73 Å². The first-order valence-corrected chi connectivity index (χ1v) is 5.64. The Kier molecular flexibility index (Phi) is 3.20. The Labute approximate surface area is 105 Å². The summed E-state index contributed by atoms with van der Waals surface area (Å²) in [6.45, 7) is 3.75. The first kappa shape index (κ1) is 12.0. The topological polar surface area (TPSA) is 76.9 Å². The number of nitrogen functional groups attached to an aromatic ring is 1. The van der Waals surface area contributed by atoms with Crippen LogP contribution in [-0.4, -0.2) is 15.9 Å². The van der Waals surface area contributed by atoms with Gasteiger partial charge in [-0.05, 0) is 26.0 Å². The average molecular weight is 242 g/mol. The van der Waals surface area contributed by atoms with Gasteiger partial charge in [-0.25, -0.2) is 4.68 Å². The minimum atomic E-state index is -0.0596. The Hall–Kier alpha value is -2.48. The zero-order chi connectivity index (χ0) is 13.1. The molecule has 0 aliphatic rings. The number of anilines is 1. The molecule has 0 bridgehead atoms. The molecular formula is C13H14N4O. The quantitative estimate of drug-likeness (QED) is 0.894. The Balaban J connectivity index is 2.51. The number of hydrogen-bond donors (Lipinski definition) is 1. The van der Waals surface area contributed by atoms with E-state index in [1.165, 1.54) is 4.68 Å². The van der Waals surface area contributed by atoms with E-state index in [1.54, 1.807) is 0 Å². The molecule has 2 aromatic rings. The predicted molar refractivity (Wildman–Crippen MR) is 68.5 cm³/mol. The van der Waals surface area contributed by atoms with Crippen LogP contribution in [0.5, 0.6) is 5.88 Å². The van der Waals surface area contributed by atoms with Gasteiger partial charge in [0.05, 0.1) is 11.8 Å². The number of hydrogen-bond acceptors (Lipinski definition) is 4. The summed E-state index contributed by atoms with van der Waals surface area (Å²) in [6.07, 6.45) is -0.0596. The average Bonchev–Trinajstić information content (AvgIpc) is 2.66. The van der Waals surface area contributed by atoms with E-state index in [4.69, 9.17) is 15.7 Å². The van der Waals surface area contributed by atoms with E-state index in [0.717, 1.165) is 5.69 Å². The Bertz CT molecular complexity index is 581. The summed E-state index contributed by atoms with van der Waals surface area (Å²) < 4.78 is 6.99. The van der Waals surface area contributed by atoms with Crippen molar-refractivity contribution in [3.05, 3.63) is 35.9 Å². The molecular weight excluding hydrogens is 228 g/mol. The van der Waals surface area contributed by atoms with Gasteiger partial charge in [0, 0.05) is 0 Å². The van der Waals surface area contributed by atoms with Crippen LogP contribution in [0.4, 0.5) is 5.82 Å². The maximum atomic E-state index is 9.11. The monoisotopic (exact) mass is 242 g/mol. The van der Waals surface area contributed by atoms with Crippen molar-refractivity contribution in [3.63, 3.8) is 0 Å².